The smallest absolute Gasteiger partial charge is 0.263 e. The molecule has 10 heteroatoms. The molecule has 0 fully saturated rings. The summed E-state index contributed by atoms with van der Waals surface area (Å²) in [5.74, 6) is 0.734. The van der Waals surface area contributed by atoms with Gasteiger partial charge >= 0.3 is 0 Å². The second kappa shape index (κ2) is 10.1. The lowest BCUT2D eigenvalue weighted by atomic mass is 10.1. The van der Waals surface area contributed by atoms with Crippen LogP contribution in [0.5, 0.6) is 5.75 Å². The average Bonchev–Trinajstić information content (AvgIpc) is 3.19. The van der Waals surface area contributed by atoms with E-state index in [9.17, 15) is 13.5 Å². The molecular weight excluding hydrogens is 454 g/mol. The first-order valence-corrected chi connectivity index (χ1v) is 12.3. The molecule has 6 N–H and O–H groups in total. The lowest BCUT2D eigenvalue weighted by molar-refractivity contribution is 0.172. The third kappa shape index (κ3) is 5.48. The van der Waals surface area contributed by atoms with Crippen LogP contribution in [0, 0.1) is 6.92 Å². The molecule has 0 amide bonds. The van der Waals surface area contributed by atoms with Gasteiger partial charge in [-0.05, 0) is 48.9 Å². The van der Waals surface area contributed by atoms with Gasteiger partial charge in [0.25, 0.3) is 10.0 Å². The van der Waals surface area contributed by atoms with E-state index >= 15 is 0 Å². The predicted molar refractivity (Wildman–Crippen MR) is 132 cm³/mol. The van der Waals surface area contributed by atoms with Crippen LogP contribution in [0.1, 0.15) is 17.4 Å². The molecule has 0 unspecified atom stereocenters. The molecule has 1 heterocycles. The van der Waals surface area contributed by atoms with Gasteiger partial charge in [0.1, 0.15) is 17.3 Å². The summed E-state index contributed by atoms with van der Waals surface area (Å²) in [6.45, 7) is 3.17. The Morgan fingerprint density at radius 1 is 1.12 bits per heavy atom. The highest BCUT2D eigenvalue weighted by Gasteiger charge is 2.18. The van der Waals surface area contributed by atoms with E-state index in [4.69, 9.17) is 10.5 Å². The van der Waals surface area contributed by atoms with Gasteiger partial charge in [-0.3, -0.25) is 9.82 Å². The van der Waals surface area contributed by atoms with Crippen molar-refractivity contribution in [3.8, 4) is 5.75 Å². The summed E-state index contributed by atoms with van der Waals surface area (Å²) in [5, 5.41) is 21.9. The average molecular weight is 482 g/mol. The number of aromatic nitrogens is 2. The van der Waals surface area contributed by atoms with Gasteiger partial charge in [0.05, 0.1) is 23.0 Å². The van der Waals surface area contributed by atoms with E-state index in [0.29, 0.717) is 24.4 Å². The van der Waals surface area contributed by atoms with E-state index in [0.717, 1.165) is 22.3 Å². The number of hydrogen-bond donors (Lipinski definition) is 5. The van der Waals surface area contributed by atoms with Crippen LogP contribution in [0.25, 0.3) is 10.9 Å². The number of fused-ring (bicyclic) bond motifs is 1. The second-order valence-corrected chi connectivity index (χ2v) is 9.50. The van der Waals surface area contributed by atoms with Crippen molar-refractivity contribution < 1.29 is 18.3 Å². The Bertz CT molecular complexity index is 1390. The fraction of sp³-hybridized carbons (Fsp3) is 0.208. The largest absolute Gasteiger partial charge is 0.492 e. The maximum Gasteiger partial charge on any atom is 0.263 e. The fourth-order valence-electron chi connectivity index (χ4n) is 3.57. The monoisotopic (exact) mass is 481 g/mol. The molecule has 1 atom stereocenters. The number of rotatable bonds is 10. The second-order valence-electron chi connectivity index (χ2n) is 7.85. The van der Waals surface area contributed by atoms with E-state index in [1.165, 1.54) is 12.1 Å². The number of benzene rings is 3. The van der Waals surface area contributed by atoms with Crippen LogP contribution in [-0.4, -0.2) is 43.4 Å². The van der Waals surface area contributed by atoms with Gasteiger partial charge in [-0.2, -0.15) is 5.10 Å². The minimum Gasteiger partial charge on any atom is -0.492 e. The first-order valence-electron chi connectivity index (χ1n) is 10.8. The fourth-order valence-corrected chi connectivity index (χ4v) is 4.75. The molecule has 178 valence electrons. The van der Waals surface area contributed by atoms with E-state index in [2.05, 4.69) is 20.2 Å². The van der Waals surface area contributed by atoms with Crippen molar-refractivity contribution in [3.63, 3.8) is 0 Å². The van der Waals surface area contributed by atoms with Crippen molar-refractivity contribution in [2.24, 2.45) is 0 Å². The van der Waals surface area contributed by atoms with Crippen molar-refractivity contribution in [2.75, 3.05) is 30.2 Å². The van der Waals surface area contributed by atoms with Crippen molar-refractivity contribution in [1.29, 1.82) is 0 Å². The molecule has 4 rings (SSSR count). The van der Waals surface area contributed by atoms with Crippen molar-refractivity contribution >= 4 is 32.3 Å². The molecule has 0 saturated carbocycles. The number of sulfonamides is 1. The Morgan fingerprint density at radius 2 is 1.94 bits per heavy atom. The van der Waals surface area contributed by atoms with Gasteiger partial charge in [0, 0.05) is 30.2 Å². The van der Waals surface area contributed by atoms with E-state index in [1.807, 2.05) is 25.1 Å². The maximum absolute atomic E-state index is 12.7. The zero-order valence-corrected chi connectivity index (χ0v) is 19.5. The molecule has 3 aromatic carbocycles. The number of ether oxygens (including phenoxy) is 1. The summed E-state index contributed by atoms with van der Waals surface area (Å²) in [5.41, 5.74) is 8.74. The summed E-state index contributed by atoms with van der Waals surface area (Å²) >= 11 is 0. The third-order valence-electron chi connectivity index (χ3n) is 5.34. The number of aliphatic hydroxyl groups excluding tert-OH is 1. The van der Waals surface area contributed by atoms with Crippen molar-refractivity contribution in [3.05, 3.63) is 78.0 Å². The minimum absolute atomic E-state index is 0.00410. The Morgan fingerprint density at radius 3 is 2.76 bits per heavy atom. The van der Waals surface area contributed by atoms with Gasteiger partial charge in [-0.15, -0.1) is 0 Å². The number of hydrogen-bond acceptors (Lipinski definition) is 7. The minimum atomic E-state index is -3.84. The van der Waals surface area contributed by atoms with Crippen LogP contribution in [0.2, 0.25) is 0 Å². The summed E-state index contributed by atoms with van der Waals surface area (Å²) in [6, 6.07) is 18.6. The molecule has 0 aliphatic carbocycles. The summed E-state index contributed by atoms with van der Waals surface area (Å²) in [4.78, 5) is 0.00410. The predicted octanol–water partition coefficient (Wildman–Crippen LogP) is 2.96. The number of aliphatic hydroxyl groups is 1. The highest BCUT2D eigenvalue weighted by atomic mass is 32.2. The summed E-state index contributed by atoms with van der Waals surface area (Å²) in [7, 11) is -3.84. The molecule has 34 heavy (non-hydrogen) atoms. The number of H-pyrrole nitrogens is 1. The maximum atomic E-state index is 12.7. The van der Waals surface area contributed by atoms with Crippen LogP contribution >= 0.6 is 0 Å². The van der Waals surface area contributed by atoms with Gasteiger partial charge < -0.3 is 20.9 Å². The van der Waals surface area contributed by atoms with E-state index < -0.39 is 16.1 Å². The molecule has 1 aromatic heterocycles. The number of aryl methyl sites for hydroxylation is 1. The summed E-state index contributed by atoms with van der Waals surface area (Å²) < 4.78 is 33.6. The highest BCUT2D eigenvalue weighted by molar-refractivity contribution is 7.92. The number of anilines is 2. The van der Waals surface area contributed by atoms with Gasteiger partial charge in [0.2, 0.25) is 0 Å². The van der Waals surface area contributed by atoms with Gasteiger partial charge in [-0.25, -0.2) is 8.42 Å². The number of para-hydroxylation sites is 1. The van der Waals surface area contributed by atoms with Crippen molar-refractivity contribution in [2.45, 2.75) is 17.9 Å². The highest BCUT2D eigenvalue weighted by Crippen LogP contribution is 2.24. The Kier molecular flexibility index (Phi) is 7.01. The number of nitrogens with zero attached hydrogens (tertiary/aromatic N) is 1. The molecule has 9 nitrogen and oxygen atoms in total. The molecule has 4 aromatic rings. The number of nitrogens with one attached hydrogen (secondary N) is 3. The molecule has 0 aliphatic rings. The summed E-state index contributed by atoms with van der Waals surface area (Å²) in [6.07, 6.45) is -0.824. The SMILES string of the molecule is Cc1n[nH]c2cc(OCCNC[C@H](O)c3cccc(NS(=O)(=O)c4ccccc4N)c3)ccc12. The standard InChI is InChI=1S/C24H27N5O4S/c1-16-20-10-9-19(14-22(20)28-27-16)33-12-11-26-15-23(30)17-5-4-6-18(13-17)29-34(31,32)24-8-3-2-7-21(24)25/h2-10,13-14,23,26,29-30H,11-12,15,25H2,1H3,(H,27,28)/t23-/m0/s1. The Hall–Kier alpha value is -3.60. The van der Waals surface area contributed by atoms with Crippen LogP contribution in [0.3, 0.4) is 0 Å². The molecule has 0 bridgehead atoms. The number of nitrogen functional groups attached to an aromatic ring is 1. The van der Waals surface area contributed by atoms with Crippen LogP contribution in [0.15, 0.2) is 71.6 Å². The Balaban J connectivity index is 1.28. The number of aromatic amines is 1. The normalized spacial score (nSPS) is 12.5. The zero-order valence-electron chi connectivity index (χ0n) is 18.7. The third-order valence-corrected chi connectivity index (χ3v) is 6.80. The molecule has 0 radical (unpaired) electrons. The number of nitrogens with two attached hydrogens (primary N) is 1. The molecular formula is C24H27N5O4S. The lowest BCUT2D eigenvalue weighted by Gasteiger charge is -2.15. The van der Waals surface area contributed by atoms with Gasteiger partial charge in [-0.1, -0.05) is 24.3 Å². The van der Waals surface area contributed by atoms with Crippen molar-refractivity contribution in [1.82, 2.24) is 15.5 Å². The molecule has 0 spiro atoms. The van der Waals surface area contributed by atoms with Crippen LogP contribution in [-0.2, 0) is 10.0 Å². The quantitative estimate of drug-likeness (QED) is 0.173. The lowest BCUT2D eigenvalue weighted by Crippen LogP contribution is -2.26. The zero-order chi connectivity index (χ0) is 24.1. The first-order chi connectivity index (χ1) is 16.3. The topological polar surface area (TPSA) is 142 Å². The molecule has 0 aliphatic heterocycles. The van der Waals surface area contributed by atoms with Crippen LogP contribution in [0.4, 0.5) is 11.4 Å². The van der Waals surface area contributed by atoms with E-state index in [-0.39, 0.29) is 17.1 Å². The first kappa shape index (κ1) is 23.6. The molecule has 0 saturated heterocycles. The van der Waals surface area contributed by atoms with E-state index in [1.54, 1.807) is 36.4 Å². The van der Waals surface area contributed by atoms with Crippen LogP contribution < -0.4 is 20.5 Å². The van der Waals surface area contributed by atoms with Gasteiger partial charge in [0.15, 0.2) is 0 Å². The Labute approximate surface area is 198 Å².